The molecule has 0 aliphatic heterocycles. The molecule has 0 saturated carbocycles. The maximum atomic E-state index is 12.1. The van der Waals surface area contributed by atoms with E-state index in [9.17, 15) is 14.4 Å². The summed E-state index contributed by atoms with van der Waals surface area (Å²) in [6.07, 6.45) is 0.452. The third-order valence-electron chi connectivity index (χ3n) is 4.56. The van der Waals surface area contributed by atoms with Crippen LogP contribution in [0.15, 0.2) is 24.3 Å². The summed E-state index contributed by atoms with van der Waals surface area (Å²) in [7, 11) is 0. The van der Waals surface area contributed by atoms with E-state index in [1.807, 2.05) is 13.8 Å². The third kappa shape index (κ3) is 4.77. The van der Waals surface area contributed by atoms with E-state index in [2.05, 4.69) is 20.4 Å². The fourth-order valence-electron chi connectivity index (χ4n) is 3.04. The molecule has 1 amide bonds. The number of carbonyl (C=O) groups is 3. The quantitative estimate of drug-likeness (QED) is 0.442. The van der Waals surface area contributed by atoms with Crippen molar-refractivity contribution >= 4 is 35.1 Å². The molecule has 1 aromatic carbocycles. The average molecular weight is 410 g/mol. The Morgan fingerprint density at radius 3 is 2.70 bits per heavy atom. The number of amides is 1. The van der Waals surface area contributed by atoms with Crippen molar-refractivity contribution in [3.8, 4) is 0 Å². The molecule has 0 unspecified atom stereocenters. The van der Waals surface area contributed by atoms with Gasteiger partial charge in [-0.15, -0.1) is 5.10 Å². The maximum Gasteiger partial charge on any atom is 0.306 e. The van der Waals surface area contributed by atoms with Crippen LogP contribution < -0.4 is 11.1 Å². The summed E-state index contributed by atoms with van der Waals surface area (Å²) in [5.41, 5.74) is 8.91. The van der Waals surface area contributed by atoms with Gasteiger partial charge in [0.15, 0.2) is 12.4 Å². The number of rotatable bonds is 7. The highest BCUT2D eigenvalue weighted by atomic mass is 16.5. The number of ether oxygens (including phenoxy) is 1. The zero-order valence-electron chi connectivity index (χ0n) is 16.9. The van der Waals surface area contributed by atoms with E-state index < -0.39 is 18.5 Å². The largest absolute Gasteiger partial charge is 0.456 e. The molecule has 2 heterocycles. The highest BCUT2D eigenvalue weighted by Gasteiger charge is 2.15. The van der Waals surface area contributed by atoms with E-state index in [0.29, 0.717) is 23.4 Å². The molecule has 3 rings (SSSR count). The molecule has 0 aliphatic carbocycles. The molecule has 0 bridgehead atoms. The minimum absolute atomic E-state index is 0.0755. The van der Waals surface area contributed by atoms with E-state index in [0.717, 1.165) is 17.0 Å². The zero-order chi connectivity index (χ0) is 21.8. The van der Waals surface area contributed by atoms with Crippen LogP contribution in [0.5, 0.6) is 0 Å². The number of carbonyl (C=O) groups excluding carboxylic acids is 3. The topological polar surface area (TPSA) is 142 Å². The van der Waals surface area contributed by atoms with Gasteiger partial charge in [-0.3, -0.25) is 14.4 Å². The van der Waals surface area contributed by atoms with Crippen LogP contribution in [0.1, 0.15) is 40.7 Å². The van der Waals surface area contributed by atoms with E-state index in [1.165, 1.54) is 11.4 Å². The Morgan fingerprint density at radius 1 is 1.20 bits per heavy atom. The maximum absolute atomic E-state index is 12.1. The number of ketones is 1. The molecule has 3 aromatic rings. The molecule has 0 fully saturated rings. The number of hydrogen-bond donors (Lipinski definition) is 2. The van der Waals surface area contributed by atoms with Crippen molar-refractivity contribution < 1.29 is 19.1 Å². The van der Waals surface area contributed by atoms with Gasteiger partial charge < -0.3 is 15.8 Å². The van der Waals surface area contributed by atoms with E-state index in [1.54, 1.807) is 24.3 Å². The second-order valence-corrected chi connectivity index (χ2v) is 6.79. The Labute approximate surface area is 172 Å². The Morgan fingerprint density at radius 2 is 1.97 bits per heavy atom. The molecule has 2 aromatic heterocycles. The molecule has 0 aliphatic rings. The number of fused-ring (bicyclic) bond motifs is 1. The van der Waals surface area contributed by atoms with Crippen LogP contribution >= 0.6 is 0 Å². The van der Waals surface area contributed by atoms with Crippen molar-refractivity contribution in [1.82, 2.24) is 19.6 Å². The number of esters is 1. The number of nitrogen functional groups attached to an aromatic ring is 1. The predicted octanol–water partition coefficient (Wildman–Crippen LogP) is 1.64. The van der Waals surface area contributed by atoms with Crippen LogP contribution in [0.2, 0.25) is 0 Å². The first-order chi connectivity index (χ1) is 14.2. The Balaban J connectivity index is 1.54. The minimum Gasteiger partial charge on any atom is -0.456 e. The fraction of sp³-hybridized carbons (Fsp3) is 0.300. The predicted molar refractivity (Wildman–Crippen MR) is 109 cm³/mol. The molecule has 30 heavy (non-hydrogen) atoms. The zero-order valence-corrected chi connectivity index (χ0v) is 16.9. The first-order valence-corrected chi connectivity index (χ1v) is 9.29. The van der Waals surface area contributed by atoms with Crippen molar-refractivity contribution in [2.24, 2.45) is 0 Å². The summed E-state index contributed by atoms with van der Waals surface area (Å²) in [4.78, 5) is 43.9. The van der Waals surface area contributed by atoms with Gasteiger partial charge in [-0.2, -0.15) is 9.50 Å². The first-order valence-electron chi connectivity index (χ1n) is 9.29. The van der Waals surface area contributed by atoms with Crippen LogP contribution in [0, 0.1) is 13.8 Å². The van der Waals surface area contributed by atoms with Crippen molar-refractivity contribution in [3.05, 3.63) is 46.8 Å². The number of anilines is 2. The first kappa shape index (κ1) is 20.9. The monoisotopic (exact) mass is 410 g/mol. The van der Waals surface area contributed by atoms with Gasteiger partial charge in [0.2, 0.25) is 5.95 Å². The summed E-state index contributed by atoms with van der Waals surface area (Å²) in [5.74, 6) is -0.581. The van der Waals surface area contributed by atoms with Gasteiger partial charge in [0.25, 0.3) is 11.7 Å². The Hall–Kier alpha value is -3.82. The summed E-state index contributed by atoms with van der Waals surface area (Å²) in [6, 6.07) is 6.53. The van der Waals surface area contributed by atoms with Crippen molar-refractivity contribution in [2.75, 3.05) is 17.7 Å². The van der Waals surface area contributed by atoms with Gasteiger partial charge in [-0.1, -0.05) is 12.1 Å². The minimum atomic E-state index is -0.514. The van der Waals surface area contributed by atoms with Gasteiger partial charge in [0, 0.05) is 29.1 Å². The van der Waals surface area contributed by atoms with Gasteiger partial charge in [0.1, 0.15) is 0 Å². The van der Waals surface area contributed by atoms with Crippen molar-refractivity contribution in [3.63, 3.8) is 0 Å². The fourth-order valence-corrected chi connectivity index (χ4v) is 3.04. The average Bonchev–Trinajstić information content (AvgIpc) is 3.06. The highest BCUT2D eigenvalue weighted by molar-refractivity contribution is 5.97. The van der Waals surface area contributed by atoms with Crippen molar-refractivity contribution in [2.45, 2.75) is 33.6 Å². The van der Waals surface area contributed by atoms with Crippen LogP contribution in [-0.4, -0.2) is 43.8 Å². The second-order valence-electron chi connectivity index (χ2n) is 6.79. The van der Waals surface area contributed by atoms with Crippen molar-refractivity contribution in [1.29, 1.82) is 0 Å². The number of aromatic nitrogens is 4. The van der Waals surface area contributed by atoms with Crippen LogP contribution in [0.4, 0.5) is 11.6 Å². The van der Waals surface area contributed by atoms with Gasteiger partial charge in [-0.25, -0.2) is 4.98 Å². The summed E-state index contributed by atoms with van der Waals surface area (Å²) < 4.78 is 6.59. The molecule has 0 radical (unpaired) electrons. The number of nitrogens with zero attached hydrogens (tertiary/aromatic N) is 4. The van der Waals surface area contributed by atoms with E-state index >= 15 is 0 Å². The highest BCUT2D eigenvalue weighted by Crippen LogP contribution is 2.16. The lowest BCUT2D eigenvalue weighted by Gasteiger charge is -2.10. The number of nitrogens with one attached hydrogen (secondary N) is 1. The molecule has 10 nitrogen and oxygen atoms in total. The standard InChI is InChI=1S/C20H22N6O4/c1-11-16(12(2)26-20(22-11)24-19(21)25-26)7-8-18(29)30-10-17(28)23-15-6-4-5-14(9-15)13(3)27/h4-6,9H,7-8,10H2,1-3H3,(H2,21,25)(H,23,28). The van der Waals surface area contributed by atoms with Gasteiger partial charge in [-0.05, 0) is 44.9 Å². The Bertz CT molecular complexity index is 1140. The SMILES string of the molecule is CC(=O)c1cccc(NC(=O)COC(=O)CCc2c(C)nc3nc(N)nn3c2C)c1. The van der Waals surface area contributed by atoms with E-state index in [4.69, 9.17) is 10.5 Å². The normalized spacial score (nSPS) is 10.8. The lowest BCUT2D eigenvalue weighted by molar-refractivity contribution is -0.147. The summed E-state index contributed by atoms with van der Waals surface area (Å²) >= 11 is 0. The lowest BCUT2D eigenvalue weighted by Crippen LogP contribution is -2.21. The van der Waals surface area contributed by atoms with Gasteiger partial charge in [0.05, 0.1) is 0 Å². The number of hydrogen-bond acceptors (Lipinski definition) is 8. The molecule has 10 heteroatoms. The molecular formula is C20H22N6O4. The second kappa shape index (κ2) is 8.68. The smallest absolute Gasteiger partial charge is 0.306 e. The van der Waals surface area contributed by atoms with Crippen LogP contribution in [0.25, 0.3) is 5.78 Å². The molecule has 0 saturated heterocycles. The molecule has 0 spiro atoms. The third-order valence-corrected chi connectivity index (χ3v) is 4.56. The van der Waals surface area contributed by atoms with E-state index in [-0.39, 0.29) is 18.2 Å². The Kier molecular flexibility index (Phi) is 6.05. The molecular weight excluding hydrogens is 388 g/mol. The number of aryl methyl sites for hydroxylation is 2. The molecule has 0 atom stereocenters. The van der Waals surface area contributed by atoms with Crippen LogP contribution in [-0.2, 0) is 20.7 Å². The molecule has 156 valence electrons. The summed E-state index contributed by atoms with van der Waals surface area (Å²) in [6.45, 7) is 4.69. The van der Waals surface area contributed by atoms with Crippen LogP contribution in [0.3, 0.4) is 0 Å². The number of nitrogens with two attached hydrogens (primary N) is 1. The summed E-state index contributed by atoms with van der Waals surface area (Å²) in [5, 5.41) is 6.69. The van der Waals surface area contributed by atoms with Gasteiger partial charge >= 0.3 is 5.97 Å². The lowest BCUT2D eigenvalue weighted by atomic mass is 10.1. The molecule has 3 N–H and O–H groups in total. The number of benzene rings is 1. The number of Topliss-reactive ketones (excluding diaryl/α,β-unsaturated/α-hetero) is 1.